The summed E-state index contributed by atoms with van der Waals surface area (Å²) in [5.74, 6) is 0.529. The van der Waals surface area contributed by atoms with E-state index in [0.29, 0.717) is 40.0 Å². The molecule has 37 heavy (non-hydrogen) atoms. The minimum Gasteiger partial charge on any atom is -0.493 e. The Balaban J connectivity index is 1.97. The Hall–Kier alpha value is -3.72. The largest absolute Gasteiger partial charge is 0.493 e. The van der Waals surface area contributed by atoms with Crippen molar-refractivity contribution in [3.8, 4) is 11.5 Å². The number of hydrogen-bond donors (Lipinski definition) is 0. The van der Waals surface area contributed by atoms with E-state index in [-0.39, 0.29) is 18.9 Å². The minimum atomic E-state index is -0.659. The summed E-state index contributed by atoms with van der Waals surface area (Å²) >= 11 is 1.43. The van der Waals surface area contributed by atoms with E-state index >= 15 is 0 Å². The summed E-state index contributed by atoms with van der Waals surface area (Å²) in [5, 5.41) is 2.60. The Labute approximate surface area is 221 Å². The minimum absolute atomic E-state index is 0.0255. The Morgan fingerprint density at radius 2 is 1.81 bits per heavy atom. The van der Waals surface area contributed by atoms with Gasteiger partial charge in [0.25, 0.3) is 0 Å². The van der Waals surface area contributed by atoms with Crippen LogP contribution in [-0.4, -0.2) is 61.3 Å². The van der Waals surface area contributed by atoms with Crippen LogP contribution in [0.4, 0.5) is 0 Å². The van der Waals surface area contributed by atoms with E-state index in [1.165, 1.54) is 11.8 Å². The Kier molecular flexibility index (Phi) is 8.23. The third-order valence-electron chi connectivity index (χ3n) is 6.31. The number of amidine groups is 1. The highest BCUT2D eigenvalue weighted by Gasteiger charge is 2.44. The van der Waals surface area contributed by atoms with Crippen LogP contribution in [0, 0.1) is 0 Å². The van der Waals surface area contributed by atoms with Crippen LogP contribution in [0.1, 0.15) is 37.4 Å². The number of esters is 1. The van der Waals surface area contributed by atoms with Gasteiger partial charge in [0, 0.05) is 30.4 Å². The second kappa shape index (κ2) is 11.6. The molecular weight excluding hydrogens is 490 g/mol. The smallest absolute Gasteiger partial charge is 0.338 e. The van der Waals surface area contributed by atoms with E-state index in [1.54, 1.807) is 39.2 Å². The Morgan fingerprint density at radius 1 is 1.05 bits per heavy atom. The van der Waals surface area contributed by atoms with Gasteiger partial charge in [-0.2, -0.15) is 0 Å². The van der Waals surface area contributed by atoms with Gasteiger partial charge < -0.3 is 24.0 Å². The second-order valence-corrected chi connectivity index (χ2v) is 9.25. The molecule has 0 N–H and O–H groups in total. The van der Waals surface area contributed by atoms with Gasteiger partial charge in [-0.25, -0.2) is 9.79 Å². The zero-order valence-corrected chi connectivity index (χ0v) is 22.5. The summed E-state index contributed by atoms with van der Waals surface area (Å²) < 4.78 is 17.0. The predicted molar refractivity (Wildman–Crippen MR) is 145 cm³/mol. The SMILES string of the molecule is CCOC(=O)C1=C(c2ccccc2)N=C2SC=C(CC(=O)N(C)CC)N2C1c1cccc(OC)c1OC. The first-order valence-corrected chi connectivity index (χ1v) is 13.0. The summed E-state index contributed by atoms with van der Waals surface area (Å²) in [5.41, 5.74) is 3.14. The fourth-order valence-corrected chi connectivity index (χ4v) is 5.29. The van der Waals surface area contributed by atoms with Crippen molar-refractivity contribution in [1.82, 2.24) is 9.80 Å². The maximum atomic E-state index is 13.6. The van der Waals surface area contributed by atoms with Gasteiger partial charge in [0.15, 0.2) is 16.7 Å². The zero-order valence-electron chi connectivity index (χ0n) is 21.7. The first-order chi connectivity index (χ1) is 17.9. The number of fused-ring (bicyclic) bond motifs is 1. The molecule has 2 aromatic carbocycles. The van der Waals surface area contributed by atoms with Crippen LogP contribution in [0.3, 0.4) is 0 Å². The molecule has 0 bridgehead atoms. The molecular formula is C28H31N3O5S. The van der Waals surface area contributed by atoms with Crippen LogP contribution in [0.25, 0.3) is 5.70 Å². The summed E-state index contributed by atoms with van der Waals surface area (Å²) in [6.07, 6.45) is 0.163. The van der Waals surface area contributed by atoms with Crippen molar-refractivity contribution >= 4 is 34.5 Å². The third-order valence-corrected chi connectivity index (χ3v) is 7.20. The molecule has 0 aliphatic carbocycles. The number of benzene rings is 2. The quantitative estimate of drug-likeness (QED) is 0.437. The Morgan fingerprint density at radius 3 is 2.46 bits per heavy atom. The average molecular weight is 522 g/mol. The molecule has 0 spiro atoms. The van der Waals surface area contributed by atoms with Gasteiger partial charge in [-0.15, -0.1) is 0 Å². The fourth-order valence-electron chi connectivity index (χ4n) is 4.38. The van der Waals surface area contributed by atoms with Crippen molar-refractivity contribution in [2.45, 2.75) is 26.3 Å². The van der Waals surface area contributed by atoms with Crippen molar-refractivity contribution in [2.75, 3.05) is 34.4 Å². The van der Waals surface area contributed by atoms with E-state index < -0.39 is 12.0 Å². The highest BCUT2D eigenvalue weighted by molar-refractivity contribution is 8.16. The van der Waals surface area contributed by atoms with E-state index in [1.807, 2.05) is 59.7 Å². The van der Waals surface area contributed by atoms with Crippen LogP contribution in [0.5, 0.6) is 11.5 Å². The molecule has 194 valence electrons. The second-order valence-electron chi connectivity index (χ2n) is 8.41. The topological polar surface area (TPSA) is 80.7 Å². The molecule has 1 amide bonds. The highest BCUT2D eigenvalue weighted by Crippen LogP contribution is 2.50. The van der Waals surface area contributed by atoms with Gasteiger partial charge in [0.1, 0.15) is 0 Å². The Bertz CT molecular complexity index is 1270. The van der Waals surface area contributed by atoms with Gasteiger partial charge in [0.2, 0.25) is 5.91 Å². The molecule has 2 aromatic rings. The number of hydrogen-bond acceptors (Lipinski definition) is 8. The van der Waals surface area contributed by atoms with Crippen LogP contribution < -0.4 is 9.47 Å². The van der Waals surface area contributed by atoms with E-state index in [0.717, 1.165) is 11.3 Å². The van der Waals surface area contributed by atoms with Crippen molar-refractivity contribution in [3.63, 3.8) is 0 Å². The summed E-state index contributed by atoms with van der Waals surface area (Å²) in [6, 6.07) is 14.5. The van der Waals surface area contributed by atoms with Crippen molar-refractivity contribution in [2.24, 2.45) is 4.99 Å². The summed E-state index contributed by atoms with van der Waals surface area (Å²) in [6.45, 7) is 4.51. The summed E-state index contributed by atoms with van der Waals surface area (Å²) in [4.78, 5) is 35.1. The number of ether oxygens (including phenoxy) is 3. The van der Waals surface area contributed by atoms with E-state index in [2.05, 4.69) is 0 Å². The summed E-state index contributed by atoms with van der Waals surface area (Å²) in [7, 11) is 4.92. The number of thioether (sulfide) groups is 1. The van der Waals surface area contributed by atoms with Gasteiger partial charge in [0.05, 0.1) is 44.6 Å². The number of nitrogens with zero attached hydrogens (tertiary/aromatic N) is 3. The molecule has 0 aromatic heterocycles. The molecule has 1 atom stereocenters. The molecule has 2 aliphatic heterocycles. The van der Waals surface area contributed by atoms with E-state index in [4.69, 9.17) is 19.2 Å². The standard InChI is InChI=1S/C28H31N3O5S/c1-6-30(3)22(32)16-19-17-37-28-29-24(18-12-9-8-10-13-18)23(27(33)36-7-2)25(31(19)28)20-14-11-15-21(34-4)26(20)35-5/h8-15,17,25H,6-7,16H2,1-5H3. The highest BCUT2D eigenvalue weighted by atomic mass is 32.2. The number of aliphatic imine (C=N–C) groups is 1. The predicted octanol–water partition coefficient (Wildman–Crippen LogP) is 4.85. The molecule has 0 fully saturated rings. The number of methoxy groups -OCH3 is 2. The number of para-hydroxylation sites is 1. The molecule has 0 saturated heterocycles. The van der Waals surface area contributed by atoms with Gasteiger partial charge in [-0.3, -0.25) is 4.79 Å². The van der Waals surface area contributed by atoms with Crippen molar-refractivity contribution in [3.05, 3.63) is 76.3 Å². The van der Waals surface area contributed by atoms with Crippen molar-refractivity contribution < 1.29 is 23.8 Å². The third kappa shape index (κ3) is 5.09. The van der Waals surface area contributed by atoms with Gasteiger partial charge in [-0.1, -0.05) is 54.2 Å². The number of carbonyl (C=O) groups is 2. The number of amides is 1. The lowest BCUT2D eigenvalue weighted by atomic mass is 9.90. The van der Waals surface area contributed by atoms with Crippen LogP contribution in [0.15, 0.2) is 70.2 Å². The molecule has 0 saturated carbocycles. The average Bonchev–Trinajstić information content (AvgIpc) is 3.33. The molecule has 1 unspecified atom stereocenters. The van der Waals surface area contributed by atoms with Crippen LogP contribution >= 0.6 is 11.8 Å². The maximum absolute atomic E-state index is 13.6. The molecule has 8 nitrogen and oxygen atoms in total. The number of rotatable bonds is 9. The lowest BCUT2D eigenvalue weighted by molar-refractivity contribution is -0.139. The first kappa shape index (κ1) is 26.3. The van der Waals surface area contributed by atoms with Crippen LogP contribution in [0.2, 0.25) is 0 Å². The first-order valence-electron chi connectivity index (χ1n) is 12.1. The normalized spacial score (nSPS) is 16.6. The number of carbonyl (C=O) groups excluding carboxylic acids is 2. The molecule has 9 heteroatoms. The fraction of sp³-hybridized carbons (Fsp3) is 0.321. The lowest BCUT2D eigenvalue weighted by Gasteiger charge is -2.37. The van der Waals surface area contributed by atoms with Gasteiger partial charge >= 0.3 is 5.97 Å². The van der Waals surface area contributed by atoms with Gasteiger partial charge in [-0.05, 0) is 25.3 Å². The zero-order chi connectivity index (χ0) is 26.5. The lowest BCUT2D eigenvalue weighted by Crippen LogP contribution is -2.38. The van der Waals surface area contributed by atoms with E-state index in [9.17, 15) is 9.59 Å². The molecule has 4 rings (SSSR count). The maximum Gasteiger partial charge on any atom is 0.338 e. The molecule has 2 aliphatic rings. The van der Waals surface area contributed by atoms with Crippen molar-refractivity contribution in [1.29, 1.82) is 0 Å². The molecule has 2 heterocycles. The van der Waals surface area contributed by atoms with Crippen LogP contribution in [-0.2, 0) is 14.3 Å². The monoisotopic (exact) mass is 521 g/mol. The molecule has 0 radical (unpaired) electrons.